The van der Waals surface area contributed by atoms with E-state index in [-0.39, 0.29) is 5.95 Å². The Morgan fingerprint density at radius 1 is 1.29 bits per heavy atom. The van der Waals surface area contributed by atoms with Crippen molar-refractivity contribution in [3.63, 3.8) is 0 Å². The number of aromatic amines is 1. The predicted octanol–water partition coefficient (Wildman–Crippen LogP) is 1.38. The lowest BCUT2D eigenvalue weighted by atomic mass is 10.2. The first kappa shape index (κ1) is 8.36. The largest absolute Gasteiger partial charge is 0.453 e. The van der Waals surface area contributed by atoms with Gasteiger partial charge in [0.25, 0.3) is 5.82 Å². The summed E-state index contributed by atoms with van der Waals surface area (Å²) in [6.07, 6.45) is 0. The molecule has 0 unspecified atom stereocenters. The molecule has 1 heterocycles. The molecule has 0 fully saturated rings. The Morgan fingerprint density at radius 2 is 2.00 bits per heavy atom. The van der Waals surface area contributed by atoms with E-state index in [0.29, 0.717) is 5.82 Å². The van der Waals surface area contributed by atoms with Crippen molar-refractivity contribution in [2.45, 2.75) is 0 Å². The molecule has 0 saturated carbocycles. The van der Waals surface area contributed by atoms with Crippen molar-refractivity contribution in [1.82, 2.24) is 15.2 Å². The number of H-pyrrole nitrogens is 1. The minimum absolute atomic E-state index is 0.331. The Balaban J connectivity index is 2.39. The number of benzene rings is 1. The number of aromatic nitrogens is 3. The fraction of sp³-hybridized carbons (Fsp3) is 0. The molecule has 0 radical (unpaired) electrons. The van der Waals surface area contributed by atoms with E-state index >= 15 is 0 Å². The average Bonchev–Trinajstić information content (AvgIpc) is 2.68. The summed E-state index contributed by atoms with van der Waals surface area (Å²) < 4.78 is 0. The van der Waals surface area contributed by atoms with Crippen LogP contribution in [0.25, 0.3) is 11.4 Å². The molecule has 2 rings (SSSR count). The highest BCUT2D eigenvalue weighted by atomic mass is 16.6. The first-order valence-electron chi connectivity index (χ1n) is 3.89. The van der Waals surface area contributed by atoms with Crippen LogP contribution in [0, 0.1) is 10.1 Å². The number of rotatable bonds is 2. The van der Waals surface area contributed by atoms with Gasteiger partial charge in [0, 0.05) is 5.56 Å². The zero-order valence-corrected chi connectivity index (χ0v) is 7.04. The summed E-state index contributed by atoms with van der Waals surface area (Å²) in [5, 5.41) is 16.3. The van der Waals surface area contributed by atoms with Crippen LogP contribution in [0.4, 0.5) is 5.95 Å². The molecule has 1 N–H and O–H groups in total. The van der Waals surface area contributed by atoms with Gasteiger partial charge in [-0.3, -0.25) is 0 Å². The Labute approximate surface area is 78.8 Å². The minimum atomic E-state index is -0.612. The van der Waals surface area contributed by atoms with Crippen LogP contribution >= 0.6 is 0 Å². The number of nitro groups is 1. The van der Waals surface area contributed by atoms with Crippen molar-refractivity contribution in [1.29, 1.82) is 0 Å². The summed E-state index contributed by atoms with van der Waals surface area (Å²) in [5.41, 5.74) is 0.747. The van der Waals surface area contributed by atoms with Gasteiger partial charge in [0.15, 0.2) is 0 Å². The van der Waals surface area contributed by atoms with Crippen molar-refractivity contribution in [2.24, 2.45) is 0 Å². The molecule has 1 aromatic heterocycles. The Hall–Kier alpha value is -2.24. The number of hydrogen-bond acceptors (Lipinski definition) is 4. The zero-order valence-electron chi connectivity index (χ0n) is 7.04. The lowest BCUT2D eigenvalue weighted by Gasteiger charge is -1.87. The zero-order chi connectivity index (χ0) is 9.97. The second-order valence-electron chi connectivity index (χ2n) is 2.61. The summed E-state index contributed by atoms with van der Waals surface area (Å²) in [7, 11) is 0. The van der Waals surface area contributed by atoms with Crippen LogP contribution in [-0.2, 0) is 0 Å². The first-order chi connectivity index (χ1) is 6.77. The predicted molar refractivity (Wildman–Crippen MR) is 48.5 cm³/mol. The molecule has 0 aliphatic carbocycles. The fourth-order valence-electron chi connectivity index (χ4n) is 1.05. The van der Waals surface area contributed by atoms with E-state index in [4.69, 9.17) is 0 Å². The van der Waals surface area contributed by atoms with Gasteiger partial charge < -0.3 is 10.1 Å². The molecule has 14 heavy (non-hydrogen) atoms. The number of nitrogens with zero attached hydrogens (tertiary/aromatic N) is 3. The third-order valence-electron chi connectivity index (χ3n) is 1.68. The lowest BCUT2D eigenvalue weighted by molar-refractivity contribution is -0.394. The maximum absolute atomic E-state index is 10.3. The SMILES string of the molecule is O=[N+]([O-])c1nc(-c2ccccc2)n[nH]1. The molecule has 0 aliphatic heterocycles. The fourth-order valence-corrected chi connectivity index (χ4v) is 1.05. The van der Waals surface area contributed by atoms with Crippen LogP contribution in [0.2, 0.25) is 0 Å². The standard InChI is InChI=1S/C8H6N4O2/c13-12(14)8-9-7(10-11-8)6-4-2-1-3-5-6/h1-5H,(H,9,10,11). The van der Waals surface area contributed by atoms with Crippen molar-refractivity contribution in [3.8, 4) is 11.4 Å². The maximum atomic E-state index is 10.3. The molecule has 6 heteroatoms. The molecule has 1 aromatic carbocycles. The van der Waals surface area contributed by atoms with Crippen molar-refractivity contribution < 1.29 is 4.92 Å². The molecule has 0 aliphatic rings. The van der Waals surface area contributed by atoms with Gasteiger partial charge in [-0.15, -0.1) is 5.10 Å². The summed E-state index contributed by atoms with van der Waals surface area (Å²) in [6.45, 7) is 0. The van der Waals surface area contributed by atoms with Gasteiger partial charge >= 0.3 is 5.95 Å². The molecule has 6 nitrogen and oxygen atoms in total. The molecular formula is C8H6N4O2. The van der Waals surface area contributed by atoms with Crippen LogP contribution in [0.5, 0.6) is 0 Å². The second kappa shape index (κ2) is 3.25. The molecule has 0 amide bonds. The minimum Gasteiger partial charge on any atom is -0.390 e. The van der Waals surface area contributed by atoms with Gasteiger partial charge in [0.2, 0.25) is 0 Å². The normalized spacial score (nSPS) is 10.0. The highest BCUT2D eigenvalue weighted by Crippen LogP contribution is 2.15. The first-order valence-corrected chi connectivity index (χ1v) is 3.89. The van der Waals surface area contributed by atoms with Gasteiger partial charge in [-0.25, -0.2) is 0 Å². The molecule has 0 saturated heterocycles. The molecule has 0 atom stereocenters. The van der Waals surface area contributed by atoms with E-state index < -0.39 is 4.92 Å². The summed E-state index contributed by atoms with van der Waals surface area (Å²) in [4.78, 5) is 13.4. The van der Waals surface area contributed by atoms with Gasteiger partial charge in [0.1, 0.15) is 0 Å². The lowest BCUT2D eigenvalue weighted by Crippen LogP contribution is -1.89. The summed E-state index contributed by atoms with van der Waals surface area (Å²) in [6, 6.07) is 9.05. The van der Waals surface area contributed by atoms with Crippen LogP contribution in [0.3, 0.4) is 0 Å². The van der Waals surface area contributed by atoms with Gasteiger partial charge in [0.05, 0.1) is 0 Å². The third-order valence-corrected chi connectivity index (χ3v) is 1.68. The van der Waals surface area contributed by atoms with Crippen molar-refractivity contribution >= 4 is 5.95 Å². The number of nitrogens with one attached hydrogen (secondary N) is 1. The Morgan fingerprint density at radius 3 is 2.57 bits per heavy atom. The topological polar surface area (TPSA) is 84.7 Å². The van der Waals surface area contributed by atoms with E-state index in [1.165, 1.54) is 0 Å². The molecule has 70 valence electrons. The van der Waals surface area contributed by atoms with Gasteiger partial charge in [-0.2, -0.15) is 0 Å². The van der Waals surface area contributed by atoms with E-state index in [1.54, 1.807) is 12.1 Å². The molecule has 0 spiro atoms. The molecular weight excluding hydrogens is 184 g/mol. The summed E-state index contributed by atoms with van der Waals surface area (Å²) >= 11 is 0. The van der Waals surface area contributed by atoms with Crippen molar-refractivity contribution in [2.75, 3.05) is 0 Å². The third kappa shape index (κ3) is 1.45. The summed E-state index contributed by atoms with van der Waals surface area (Å²) in [5.74, 6) is -0.0128. The van der Waals surface area contributed by atoms with Gasteiger partial charge in [-0.1, -0.05) is 23.3 Å². The highest BCUT2D eigenvalue weighted by Gasteiger charge is 2.14. The molecule has 0 bridgehead atoms. The van der Waals surface area contributed by atoms with Crippen LogP contribution in [0.15, 0.2) is 30.3 Å². The quantitative estimate of drug-likeness (QED) is 0.572. The van der Waals surface area contributed by atoms with E-state index in [0.717, 1.165) is 5.56 Å². The number of hydrogen-bond donors (Lipinski definition) is 1. The van der Waals surface area contributed by atoms with Crippen LogP contribution in [-0.4, -0.2) is 20.1 Å². The maximum Gasteiger partial charge on any atom is 0.453 e. The smallest absolute Gasteiger partial charge is 0.390 e. The monoisotopic (exact) mass is 190 g/mol. The van der Waals surface area contributed by atoms with Crippen LogP contribution < -0.4 is 0 Å². The highest BCUT2D eigenvalue weighted by molar-refractivity contribution is 5.54. The van der Waals surface area contributed by atoms with Crippen LogP contribution in [0.1, 0.15) is 0 Å². The Kier molecular flexibility index (Phi) is 1.94. The Bertz CT molecular complexity index is 451. The van der Waals surface area contributed by atoms with Gasteiger partial charge in [-0.05, 0) is 22.0 Å². The van der Waals surface area contributed by atoms with Crippen molar-refractivity contribution in [3.05, 3.63) is 40.4 Å². The van der Waals surface area contributed by atoms with E-state index in [2.05, 4.69) is 15.2 Å². The molecule has 2 aromatic rings. The van der Waals surface area contributed by atoms with E-state index in [1.807, 2.05) is 18.2 Å². The average molecular weight is 190 g/mol. The second-order valence-corrected chi connectivity index (χ2v) is 2.61. The van der Waals surface area contributed by atoms with E-state index in [9.17, 15) is 10.1 Å².